The number of aromatic amines is 1. The molecule has 1 N–H and O–H groups in total. The van der Waals surface area contributed by atoms with Crippen LogP contribution in [0.5, 0.6) is 0 Å². The van der Waals surface area contributed by atoms with Crippen LogP contribution in [-0.2, 0) is 4.43 Å². The first-order chi connectivity index (χ1) is 4.36. The second kappa shape index (κ2) is 2.87. The summed E-state index contributed by atoms with van der Waals surface area (Å²) in [5.41, 5.74) is 1.07. The number of rotatable bonds is 1. The van der Waals surface area contributed by atoms with E-state index in [1.54, 1.807) is 6.20 Å². The highest BCUT2D eigenvalue weighted by Crippen LogP contribution is 2.00. The van der Waals surface area contributed by atoms with Gasteiger partial charge >= 0.3 is 0 Å². The molecule has 0 atom stereocenters. The molecule has 46 valence electrons. The number of aromatic nitrogens is 2. The van der Waals surface area contributed by atoms with Crippen molar-refractivity contribution in [2.45, 2.75) is 4.43 Å². The fourth-order valence-corrected chi connectivity index (χ4v) is 0.888. The molecule has 0 amide bonds. The zero-order valence-electron chi connectivity index (χ0n) is 4.69. The third kappa shape index (κ3) is 1.45. The van der Waals surface area contributed by atoms with E-state index in [2.05, 4.69) is 38.5 Å². The highest BCUT2D eigenvalue weighted by Gasteiger charge is 1.92. The molecule has 0 aliphatic heterocycles. The van der Waals surface area contributed by atoms with Gasteiger partial charge < -0.3 is 4.98 Å². The second-order valence-electron chi connectivity index (χ2n) is 1.54. The third-order valence-electron chi connectivity index (χ3n) is 0.909. The molecular formula is C6H5IN2. The van der Waals surface area contributed by atoms with Crippen molar-refractivity contribution in [3.05, 3.63) is 17.7 Å². The molecule has 1 aromatic rings. The number of alkyl halides is 1. The standard InChI is InChI=1S/C6H5IN2/c1-2-6-8-4-5(3-7)9-6/h1,4H,3H2,(H,8,9). The van der Waals surface area contributed by atoms with Gasteiger partial charge in [0.1, 0.15) is 0 Å². The summed E-state index contributed by atoms with van der Waals surface area (Å²) in [6.07, 6.45) is 6.82. The van der Waals surface area contributed by atoms with Crippen LogP contribution in [0.25, 0.3) is 0 Å². The topological polar surface area (TPSA) is 28.7 Å². The molecule has 0 unspecified atom stereocenters. The van der Waals surface area contributed by atoms with Gasteiger partial charge in [-0.05, 0) is 5.92 Å². The molecule has 1 aromatic heterocycles. The molecule has 0 saturated heterocycles. The van der Waals surface area contributed by atoms with Gasteiger partial charge in [0, 0.05) is 10.1 Å². The highest BCUT2D eigenvalue weighted by molar-refractivity contribution is 14.1. The fourth-order valence-electron chi connectivity index (χ4n) is 0.500. The van der Waals surface area contributed by atoms with Crippen molar-refractivity contribution in [2.75, 3.05) is 0 Å². The van der Waals surface area contributed by atoms with Crippen molar-refractivity contribution >= 4 is 22.6 Å². The Balaban J connectivity index is 2.90. The Bertz CT molecular complexity index is 233. The Morgan fingerprint density at radius 3 is 3.00 bits per heavy atom. The lowest BCUT2D eigenvalue weighted by molar-refractivity contribution is 1.21. The van der Waals surface area contributed by atoms with Crippen molar-refractivity contribution in [1.82, 2.24) is 9.97 Å². The van der Waals surface area contributed by atoms with Crippen LogP contribution in [0.3, 0.4) is 0 Å². The van der Waals surface area contributed by atoms with Crippen LogP contribution >= 0.6 is 22.6 Å². The summed E-state index contributed by atoms with van der Waals surface area (Å²) in [7, 11) is 0. The van der Waals surface area contributed by atoms with Gasteiger partial charge in [-0.3, -0.25) is 0 Å². The quantitative estimate of drug-likeness (QED) is 0.441. The molecule has 0 saturated carbocycles. The van der Waals surface area contributed by atoms with Crippen LogP contribution in [0.4, 0.5) is 0 Å². The van der Waals surface area contributed by atoms with Crippen LogP contribution in [-0.4, -0.2) is 9.97 Å². The van der Waals surface area contributed by atoms with E-state index in [9.17, 15) is 0 Å². The average Bonchev–Trinajstić information content (AvgIpc) is 2.34. The summed E-state index contributed by atoms with van der Waals surface area (Å²) in [5, 5.41) is 0. The maximum absolute atomic E-state index is 5.07. The molecule has 9 heavy (non-hydrogen) atoms. The Kier molecular flexibility index (Phi) is 2.11. The molecule has 0 aliphatic rings. The van der Waals surface area contributed by atoms with E-state index in [0.29, 0.717) is 5.82 Å². The SMILES string of the molecule is C#Cc1ncc(CI)[nH]1. The number of hydrogen-bond donors (Lipinski definition) is 1. The van der Waals surface area contributed by atoms with Crippen LogP contribution in [0.2, 0.25) is 0 Å². The van der Waals surface area contributed by atoms with Gasteiger partial charge in [0.15, 0.2) is 5.82 Å². The van der Waals surface area contributed by atoms with Crippen molar-refractivity contribution < 1.29 is 0 Å². The monoisotopic (exact) mass is 232 g/mol. The maximum atomic E-state index is 5.07. The summed E-state index contributed by atoms with van der Waals surface area (Å²) in [6, 6.07) is 0. The highest BCUT2D eigenvalue weighted by atomic mass is 127. The number of imidazole rings is 1. The lowest BCUT2D eigenvalue weighted by Crippen LogP contribution is -1.76. The molecule has 0 radical (unpaired) electrons. The van der Waals surface area contributed by atoms with E-state index in [1.807, 2.05) is 0 Å². The molecule has 0 aliphatic carbocycles. The van der Waals surface area contributed by atoms with E-state index in [0.717, 1.165) is 10.1 Å². The minimum absolute atomic E-state index is 0.613. The first-order valence-corrected chi connectivity index (χ1v) is 3.96. The third-order valence-corrected chi connectivity index (χ3v) is 1.73. The molecule has 1 rings (SSSR count). The Hall–Kier alpha value is -0.500. The summed E-state index contributed by atoms with van der Waals surface area (Å²) in [6.45, 7) is 0. The second-order valence-corrected chi connectivity index (χ2v) is 2.30. The number of terminal acetylenes is 1. The number of H-pyrrole nitrogens is 1. The van der Waals surface area contributed by atoms with E-state index < -0.39 is 0 Å². The fraction of sp³-hybridized carbons (Fsp3) is 0.167. The summed E-state index contributed by atoms with van der Waals surface area (Å²) < 4.78 is 0.923. The predicted octanol–water partition coefficient (Wildman–Crippen LogP) is 1.33. The van der Waals surface area contributed by atoms with Crippen molar-refractivity contribution in [3.8, 4) is 12.3 Å². The molecular weight excluding hydrogens is 227 g/mol. The minimum Gasteiger partial charge on any atom is -0.334 e. The molecule has 0 fully saturated rings. The zero-order chi connectivity index (χ0) is 6.69. The lowest BCUT2D eigenvalue weighted by Gasteiger charge is -1.80. The smallest absolute Gasteiger partial charge is 0.182 e. The van der Waals surface area contributed by atoms with Gasteiger partial charge in [0.2, 0.25) is 0 Å². The first kappa shape index (κ1) is 6.62. The van der Waals surface area contributed by atoms with Crippen LogP contribution in [0, 0.1) is 12.3 Å². The summed E-state index contributed by atoms with van der Waals surface area (Å²) >= 11 is 2.24. The molecule has 2 nitrogen and oxygen atoms in total. The van der Waals surface area contributed by atoms with Crippen LogP contribution in [0.15, 0.2) is 6.20 Å². The lowest BCUT2D eigenvalue weighted by atomic mass is 10.6. The van der Waals surface area contributed by atoms with Gasteiger partial charge in [-0.25, -0.2) is 4.98 Å². The number of halogens is 1. The summed E-state index contributed by atoms with van der Waals surface area (Å²) in [5.74, 6) is 3.02. The van der Waals surface area contributed by atoms with E-state index in [1.165, 1.54) is 0 Å². The number of hydrogen-bond acceptors (Lipinski definition) is 1. The van der Waals surface area contributed by atoms with Crippen LogP contribution < -0.4 is 0 Å². The van der Waals surface area contributed by atoms with Gasteiger partial charge in [0.25, 0.3) is 0 Å². The van der Waals surface area contributed by atoms with Gasteiger partial charge in [-0.1, -0.05) is 22.6 Å². The van der Waals surface area contributed by atoms with E-state index in [4.69, 9.17) is 6.42 Å². The predicted molar refractivity (Wildman–Crippen MR) is 44.2 cm³/mol. The Morgan fingerprint density at radius 2 is 2.67 bits per heavy atom. The number of nitrogens with one attached hydrogen (secondary N) is 1. The van der Waals surface area contributed by atoms with Gasteiger partial charge in [0.05, 0.1) is 6.20 Å². The minimum atomic E-state index is 0.613. The van der Waals surface area contributed by atoms with Crippen molar-refractivity contribution in [1.29, 1.82) is 0 Å². The zero-order valence-corrected chi connectivity index (χ0v) is 6.84. The summed E-state index contributed by atoms with van der Waals surface area (Å²) in [4.78, 5) is 6.87. The largest absolute Gasteiger partial charge is 0.334 e. The first-order valence-electron chi connectivity index (χ1n) is 2.43. The molecule has 0 bridgehead atoms. The van der Waals surface area contributed by atoms with Crippen molar-refractivity contribution in [3.63, 3.8) is 0 Å². The van der Waals surface area contributed by atoms with Gasteiger partial charge in [-0.15, -0.1) is 6.42 Å². The molecule has 0 spiro atoms. The van der Waals surface area contributed by atoms with E-state index >= 15 is 0 Å². The molecule has 0 aromatic carbocycles. The normalized spacial score (nSPS) is 8.89. The average molecular weight is 232 g/mol. The maximum Gasteiger partial charge on any atom is 0.182 e. The van der Waals surface area contributed by atoms with Crippen molar-refractivity contribution in [2.24, 2.45) is 0 Å². The van der Waals surface area contributed by atoms with Crippen LogP contribution in [0.1, 0.15) is 11.5 Å². The molecule has 3 heteroatoms. The molecule has 1 heterocycles. The van der Waals surface area contributed by atoms with Gasteiger partial charge in [-0.2, -0.15) is 0 Å². The Labute approximate surface area is 67.2 Å². The number of nitrogens with zero attached hydrogens (tertiary/aromatic N) is 1. The van der Waals surface area contributed by atoms with E-state index in [-0.39, 0.29) is 0 Å². The Morgan fingerprint density at radius 1 is 1.89 bits per heavy atom.